The van der Waals surface area contributed by atoms with Crippen LogP contribution in [0.4, 0.5) is 13.2 Å². The van der Waals surface area contributed by atoms with Gasteiger partial charge in [0.25, 0.3) is 0 Å². The van der Waals surface area contributed by atoms with Crippen molar-refractivity contribution in [3.05, 3.63) is 35.9 Å². The van der Waals surface area contributed by atoms with E-state index in [9.17, 15) is 21.6 Å². The number of hydrogen-bond acceptors (Lipinski definition) is 3. The van der Waals surface area contributed by atoms with E-state index in [1.807, 2.05) is 18.2 Å². The lowest BCUT2D eigenvalue weighted by atomic mass is 9.96. The van der Waals surface area contributed by atoms with Crippen LogP contribution in [0.1, 0.15) is 31.2 Å². The Labute approximate surface area is 169 Å². The SMILES string of the molecule is CN=C(NCC1(Cc2ccccc2)CC1)NC1CCN(S(=O)(=O)C(F)(F)F)CC1. The number of nitrogens with one attached hydrogen (secondary N) is 2. The summed E-state index contributed by atoms with van der Waals surface area (Å²) in [6.07, 6.45) is 3.86. The molecule has 0 aromatic heterocycles. The monoisotopic (exact) mass is 432 g/mol. The van der Waals surface area contributed by atoms with Crippen LogP contribution in [-0.2, 0) is 16.4 Å². The number of hydrogen-bond donors (Lipinski definition) is 2. The van der Waals surface area contributed by atoms with Crippen molar-refractivity contribution in [2.45, 2.75) is 43.7 Å². The third-order valence-electron chi connectivity index (χ3n) is 5.66. The lowest BCUT2D eigenvalue weighted by Gasteiger charge is -2.32. The Bertz CT molecular complexity index is 816. The fourth-order valence-electron chi connectivity index (χ4n) is 3.67. The molecule has 1 aliphatic heterocycles. The molecule has 0 bridgehead atoms. The van der Waals surface area contributed by atoms with Gasteiger partial charge in [-0.1, -0.05) is 30.3 Å². The summed E-state index contributed by atoms with van der Waals surface area (Å²) in [5.41, 5.74) is -3.74. The molecule has 1 aromatic carbocycles. The third-order valence-corrected chi connectivity index (χ3v) is 7.29. The Morgan fingerprint density at radius 1 is 1.21 bits per heavy atom. The normalized spacial score (nSPS) is 21.0. The van der Waals surface area contributed by atoms with E-state index < -0.39 is 15.5 Å². The van der Waals surface area contributed by atoms with E-state index in [1.165, 1.54) is 5.56 Å². The third kappa shape index (κ3) is 5.42. The van der Waals surface area contributed by atoms with E-state index in [4.69, 9.17) is 0 Å². The zero-order valence-corrected chi connectivity index (χ0v) is 17.2. The van der Waals surface area contributed by atoms with Crippen LogP contribution in [0.15, 0.2) is 35.3 Å². The van der Waals surface area contributed by atoms with E-state index in [1.54, 1.807) is 7.05 Å². The summed E-state index contributed by atoms with van der Waals surface area (Å²) < 4.78 is 61.6. The lowest BCUT2D eigenvalue weighted by Crippen LogP contribution is -2.52. The van der Waals surface area contributed by atoms with Gasteiger partial charge in [-0.2, -0.15) is 17.5 Å². The van der Waals surface area contributed by atoms with Crippen molar-refractivity contribution in [1.29, 1.82) is 0 Å². The van der Waals surface area contributed by atoms with Crippen molar-refractivity contribution in [3.63, 3.8) is 0 Å². The van der Waals surface area contributed by atoms with Crippen molar-refractivity contribution in [2.24, 2.45) is 10.4 Å². The number of aliphatic imine (C=N–C) groups is 1. The van der Waals surface area contributed by atoms with Crippen LogP contribution in [0.25, 0.3) is 0 Å². The lowest BCUT2D eigenvalue weighted by molar-refractivity contribution is -0.0494. The van der Waals surface area contributed by atoms with Gasteiger partial charge in [0, 0.05) is 32.7 Å². The first-order valence-electron chi connectivity index (χ1n) is 9.73. The second-order valence-corrected chi connectivity index (χ2v) is 9.79. The minimum atomic E-state index is -5.25. The largest absolute Gasteiger partial charge is 0.511 e. The number of guanidine groups is 1. The molecule has 1 aliphatic carbocycles. The Morgan fingerprint density at radius 2 is 1.83 bits per heavy atom. The summed E-state index contributed by atoms with van der Waals surface area (Å²) in [6.45, 7) is 0.450. The summed E-state index contributed by atoms with van der Waals surface area (Å²) >= 11 is 0. The molecule has 0 radical (unpaired) electrons. The molecule has 0 spiro atoms. The molecule has 6 nitrogen and oxygen atoms in total. The highest BCUT2D eigenvalue weighted by Crippen LogP contribution is 2.47. The molecular weight excluding hydrogens is 405 g/mol. The second-order valence-electron chi connectivity index (χ2n) is 7.86. The average molecular weight is 433 g/mol. The highest BCUT2D eigenvalue weighted by atomic mass is 32.2. The average Bonchev–Trinajstić information content (AvgIpc) is 3.45. The molecule has 0 atom stereocenters. The maximum absolute atomic E-state index is 12.7. The minimum Gasteiger partial charge on any atom is -0.356 e. The van der Waals surface area contributed by atoms with Gasteiger partial charge >= 0.3 is 15.5 Å². The molecule has 2 N–H and O–H groups in total. The zero-order chi connectivity index (χ0) is 21.1. The van der Waals surface area contributed by atoms with Gasteiger partial charge in [0.05, 0.1) is 0 Å². The van der Waals surface area contributed by atoms with E-state index >= 15 is 0 Å². The van der Waals surface area contributed by atoms with Gasteiger partial charge < -0.3 is 10.6 Å². The van der Waals surface area contributed by atoms with E-state index in [-0.39, 0.29) is 24.5 Å². The van der Waals surface area contributed by atoms with Crippen LogP contribution >= 0.6 is 0 Å². The van der Waals surface area contributed by atoms with Crippen molar-refractivity contribution in [3.8, 4) is 0 Å². The van der Waals surface area contributed by atoms with Gasteiger partial charge in [-0.25, -0.2) is 8.42 Å². The van der Waals surface area contributed by atoms with Gasteiger partial charge in [0.2, 0.25) is 0 Å². The zero-order valence-electron chi connectivity index (χ0n) is 16.4. The number of alkyl halides is 3. The quantitative estimate of drug-likeness (QED) is 0.535. The van der Waals surface area contributed by atoms with Gasteiger partial charge in [0.15, 0.2) is 5.96 Å². The summed E-state index contributed by atoms with van der Waals surface area (Å²) in [4.78, 5) is 4.21. The van der Waals surface area contributed by atoms with Crippen molar-refractivity contribution >= 4 is 16.0 Å². The van der Waals surface area contributed by atoms with Crippen LogP contribution in [0.3, 0.4) is 0 Å². The molecule has 162 valence electrons. The summed E-state index contributed by atoms with van der Waals surface area (Å²) in [5.74, 6) is 0.599. The fourth-order valence-corrected chi connectivity index (χ4v) is 4.65. The molecule has 1 saturated heterocycles. The van der Waals surface area contributed by atoms with E-state index in [0.29, 0.717) is 23.1 Å². The Morgan fingerprint density at radius 3 is 2.34 bits per heavy atom. The predicted octanol–water partition coefficient (Wildman–Crippen LogP) is 2.49. The molecule has 10 heteroatoms. The first-order chi connectivity index (χ1) is 13.7. The van der Waals surface area contributed by atoms with Crippen LogP contribution in [0.2, 0.25) is 0 Å². The first-order valence-corrected chi connectivity index (χ1v) is 11.2. The molecule has 2 aliphatic rings. The van der Waals surface area contributed by atoms with Gasteiger partial charge in [-0.3, -0.25) is 4.99 Å². The molecular formula is C19H27F3N4O2S. The van der Waals surface area contributed by atoms with Gasteiger partial charge in [-0.05, 0) is 43.1 Å². The van der Waals surface area contributed by atoms with Crippen LogP contribution in [-0.4, -0.2) is 56.9 Å². The van der Waals surface area contributed by atoms with Crippen molar-refractivity contribution in [2.75, 3.05) is 26.7 Å². The number of nitrogens with zero attached hydrogens (tertiary/aromatic N) is 2. The Balaban J connectivity index is 1.47. The number of benzene rings is 1. The van der Waals surface area contributed by atoms with Crippen molar-refractivity contribution in [1.82, 2.24) is 14.9 Å². The maximum Gasteiger partial charge on any atom is 0.511 e. The van der Waals surface area contributed by atoms with Gasteiger partial charge in [-0.15, -0.1) is 0 Å². The van der Waals surface area contributed by atoms with Crippen LogP contribution in [0, 0.1) is 5.41 Å². The standard InChI is InChI=1S/C19H27F3N4O2S/c1-23-17(24-14-18(9-10-18)13-15-5-3-2-4-6-15)25-16-7-11-26(12-8-16)29(27,28)19(20,21)22/h2-6,16H,7-14H2,1H3,(H2,23,24,25). The number of halogens is 3. The molecule has 0 amide bonds. The van der Waals surface area contributed by atoms with Crippen LogP contribution in [0.5, 0.6) is 0 Å². The molecule has 1 saturated carbocycles. The summed E-state index contributed by atoms with van der Waals surface area (Å²) in [6, 6.07) is 10.2. The maximum atomic E-state index is 12.7. The molecule has 1 aromatic rings. The van der Waals surface area contributed by atoms with Gasteiger partial charge in [0.1, 0.15) is 0 Å². The molecule has 29 heavy (non-hydrogen) atoms. The number of piperidine rings is 1. The highest BCUT2D eigenvalue weighted by Gasteiger charge is 2.50. The topological polar surface area (TPSA) is 73.8 Å². The predicted molar refractivity (Wildman–Crippen MR) is 106 cm³/mol. The summed E-state index contributed by atoms with van der Waals surface area (Å²) in [5, 5.41) is 6.55. The molecule has 1 heterocycles. The Kier molecular flexibility index (Phi) is 6.42. The molecule has 3 rings (SSSR count). The Hall–Kier alpha value is -1.81. The van der Waals surface area contributed by atoms with Crippen LogP contribution < -0.4 is 10.6 Å². The second kappa shape index (κ2) is 8.51. The number of sulfonamides is 1. The smallest absolute Gasteiger partial charge is 0.356 e. The van der Waals surface area contributed by atoms with E-state index in [2.05, 4.69) is 27.8 Å². The van der Waals surface area contributed by atoms with Crippen molar-refractivity contribution < 1.29 is 21.6 Å². The fraction of sp³-hybridized carbons (Fsp3) is 0.632. The number of rotatable bonds is 6. The summed E-state index contributed by atoms with van der Waals surface area (Å²) in [7, 11) is -3.60. The highest BCUT2D eigenvalue weighted by molar-refractivity contribution is 7.90. The minimum absolute atomic E-state index is 0.120. The van der Waals surface area contributed by atoms with E-state index in [0.717, 1.165) is 25.8 Å². The molecule has 2 fully saturated rings. The molecule has 0 unspecified atom stereocenters. The first kappa shape index (κ1) is 21.9.